The average Bonchev–Trinajstić information content (AvgIpc) is 3.23. The summed E-state index contributed by atoms with van der Waals surface area (Å²) >= 11 is 0. The van der Waals surface area contributed by atoms with Gasteiger partial charge in [-0.25, -0.2) is 0 Å². The van der Waals surface area contributed by atoms with Gasteiger partial charge in [0, 0.05) is 0 Å². The first-order chi connectivity index (χ1) is 28.5. The van der Waals surface area contributed by atoms with Gasteiger partial charge in [-0.15, -0.1) is 0 Å². The lowest BCUT2D eigenvalue weighted by molar-refractivity contribution is -0.132. The molecule has 5 N–H and O–H groups in total. The van der Waals surface area contributed by atoms with Gasteiger partial charge in [0.15, 0.2) is 0 Å². The Morgan fingerprint density at radius 2 is 0.586 bits per heavy atom. The molecule has 6 heteroatoms. The molecule has 0 aliphatic heterocycles. The molecule has 348 valence electrons. The number of amides is 1. The van der Waals surface area contributed by atoms with E-state index in [0.29, 0.717) is 12.8 Å². The number of rotatable bonds is 49. The van der Waals surface area contributed by atoms with Crippen LogP contribution >= 0.6 is 0 Å². The third kappa shape index (κ3) is 40.7. The van der Waals surface area contributed by atoms with E-state index >= 15 is 0 Å². The van der Waals surface area contributed by atoms with Crippen molar-refractivity contribution in [2.45, 2.75) is 321 Å². The maximum atomic E-state index is 12.5. The van der Waals surface area contributed by atoms with Crippen LogP contribution in [0.1, 0.15) is 296 Å². The zero-order valence-electron chi connectivity index (χ0n) is 39.3. The zero-order chi connectivity index (χ0) is 42.4. The predicted molar refractivity (Wildman–Crippen MR) is 252 cm³/mol. The smallest absolute Gasteiger partial charge is 0.249 e. The number of hydrogen-bond acceptors (Lipinski definition) is 5. The van der Waals surface area contributed by atoms with Crippen molar-refractivity contribution in [1.29, 1.82) is 0 Å². The summed E-state index contributed by atoms with van der Waals surface area (Å²) in [5.74, 6) is -0.578. The molecule has 0 saturated heterocycles. The molecule has 0 rings (SSSR count). The second kappa shape index (κ2) is 47.4. The van der Waals surface area contributed by atoms with E-state index in [-0.39, 0.29) is 0 Å². The fraction of sp³-hybridized carbons (Fsp3) is 0.981. The van der Waals surface area contributed by atoms with Crippen LogP contribution in [0.2, 0.25) is 0 Å². The standard InChI is InChI=1S/C52H105NO5/c1-3-5-7-9-11-13-15-17-18-19-20-21-22-23-24-25-26-27-28-29-30-31-32-33-34-36-38-40-42-44-46-50(56)52(58)53-48(47-54)51(57)49(55)45-43-41-39-37-35-16-14-12-10-8-6-4-2/h48-51,54-57H,3-47H2,1-2H3,(H,53,58)/t48-,49+,50?,51-/m0/s1. The van der Waals surface area contributed by atoms with Crippen LogP contribution in [0.5, 0.6) is 0 Å². The Hall–Kier alpha value is -0.690. The van der Waals surface area contributed by atoms with Crippen LogP contribution in [0, 0.1) is 0 Å². The number of aliphatic hydroxyl groups is 4. The molecule has 0 aromatic rings. The number of carbonyl (C=O) groups is 1. The molecule has 6 nitrogen and oxygen atoms in total. The molecule has 0 radical (unpaired) electrons. The molecular weight excluding hydrogens is 719 g/mol. The molecule has 0 aromatic carbocycles. The lowest BCUT2D eigenvalue weighted by Crippen LogP contribution is -2.53. The van der Waals surface area contributed by atoms with Crippen LogP contribution < -0.4 is 5.32 Å². The highest BCUT2D eigenvalue weighted by atomic mass is 16.3. The van der Waals surface area contributed by atoms with Crippen molar-refractivity contribution in [2.24, 2.45) is 0 Å². The van der Waals surface area contributed by atoms with Gasteiger partial charge in [-0.2, -0.15) is 0 Å². The van der Waals surface area contributed by atoms with Crippen molar-refractivity contribution in [2.75, 3.05) is 6.61 Å². The van der Waals surface area contributed by atoms with Gasteiger partial charge >= 0.3 is 0 Å². The second-order valence-corrected chi connectivity index (χ2v) is 18.6. The highest BCUT2D eigenvalue weighted by Gasteiger charge is 2.28. The van der Waals surface area contributed by atoms with Crippen LogP contribution in [0.3, 0.4) is 0 Å². The van der Waals surface area contributed by atoms with Gasteiger partial charge in [-0.1, -0.05) is 284 Å². The quantitative estimate of drug-likeness (QED) is 0.0393. The van der Waals surface area contributed by atoms with E-state index in [4.69, 9.17) is 0 Å². The third-order valence-corrected chi connectivity index (χ3v) is 12.8. The Morgan fingerprint density at radius 3 is 0.828 bits per heavy atom. The largest absolute Gasteiger partial charge is 0.394 e. The van der Waals surface area contributed by atoms with Gasteiger partial charge in [-0.05, 0) is 12.8 Å². The summed E-state index contributed by atoms with van der Waals surface area (Å²) < 4.78 is 0. The molecule has 4 atom stereocenters. The molecule has 0 heterocycles. The molecule has 0 aliphatic rings. The summed E-state index contributed by atoms with van der Waals surface area (Å²) in [5, 5.41) is 43.8. The number of nitrogens with one attached hydrogen (secondary N) is 1. The molecule has 0 fully saturated rings. The lowest BCUT2D eigenvalue weighted by atomic mass is 9.99. The van der Waals surface area contributed by atoms with Crippen LogP contribution in [0.4, 0.5) is 0 Å². The fourth-order valence-corrected chi connectivity index (χ4v) is 8.64. The summed E-state index contributed by atoms with van der Waals surface area (Å²) in [5.41, 5.74) is 0. The van der Waals surface area contributed by atoms with Crippen molar-refractivity contribution >= 4 is 5.91 Å². The summed E-state index contributed by atoms with van der Waals surface area (Å²) in [6.45, 7) is 4.07. The van der Waals surface area contributed by atoms with Crippen LogP contribution in [-0.2, 0) is 4.79 Å². The topological polar surface area (TPSA) is 110 Å². The van der Waals surface area contributed by atoms with Crippen molar-refractivity contribution < 1.29 is 25.2 Å². The Bertz CT molecular complexity index is 796. The summed E-state index contributed by atoms with van der Waals surface area (Å²) in [4.78, 5) is 12.5. The monoisotopic (exact) mass is 824 g/mol. The van der Waals surface area contributed by atoms with Gasteiger partial charge in [0.05, 0.1) is 18.8 Å². The molecule has 0 bridgehead atoms. The zero-order valence-corrected chi connectivity index (χ0v) is 39.3. The molecule has 1 amide bonds. The fourth-order valence-electron chi connectivity index (χ4n) is 8.64. The molecule has 0 saturated carbocycles. The minimum atomic E-state index is -1.25. The maximum absolute atomic E-state index is 12.5. The average molecular weight is 824 g/mol. The van der Waals surface area contributed by atoms with E-state index in [1.165, 1.54) is 231 Å². The SMILES string of the molecule is CCCCCCCCCCCCCCCCCCCCCCCCCCCCCCCCC(O)C(=O)N[C@@H](CO)[C@H](O)[C@H](O)CCCCCCCCCCCCCC. The van der Waals surface area contributed by atoms with Crippen LogP contribution in [0.25, 0.3) is 0 Å². The summed E-state index contributed by atoms with van der Waals surface area (Å²) in [6, 6.07) is -0.979. The van der Waals surface area contributed by atoms with E-state index in [0.717, 1.165) is 38.5 Å². The highest BCUT2D eigenvalue weighted by molar-refractivity contribution is 5.80. The van der Waals surface area contributed by atoms with Crippen LogP contribution in [0.15, 0.2) is 0 Å². The van der Waals surface area contributed by atoms with Crippen LogP contribution in [-0.4, -0.2) is 57.3 Å². The lowest BCUT2D eigenvalue weighted by Gasteiger charge is -2.27. The van der Waals surface area contributed by atoms with Crippen molar-refractivity contribution in [3.05, 3.63) is 0 Å². The van der Waals surface area contributed by atoms with E-state index < -0.39 is 36.9 Å². The Labute approximate surface area is 362 Å². The van der Waals surface area contributed by atoms with E-state index in [1.807, 2.05) is 0 Å². The number of carbonyl (C=O) groups excluding carboxylic acids is 1. The molecule has 58 heavy (non-hydrogen) atoms. The maximum Gasteiger partial charge on any atom is 0.249 e. The molecule has 0 aromatic heterocycles. The van der Waals surface area contributed by atoms with Gasteiger partial charge in [0.2, 0.25) is 5.91 Å². The summed E-state index contributed by atoms with van der Waals surface area (Å²) in [6.07, 6.45) is 53.2. The first kappa shape index (κ1) is 57.3. The normalized spacial score (nSPS) is 13.8. The first-order valence-corrected chi connectivity index (χ1v) is 26.4. The molecule has 0 aliphatic carbocycles. The predicted octanol–water partition coefficient (Wildman–Crippen LogP) is 14.8. The second-order valence-electron chi connectivity index (χ2n) is 18.6. The molecular formula is C52H105NO5. The number of hydrogen-bond donors (Lipinski definition) is 5. The minimum Gasteiger partial charge on any atom is -0.394 e. The number of aliphatic hydroxyl groups excluding tert-OH is 4. The van der Waals surface area contributed by atoms with Crippen molar-refractivity contribution in [1.82, 2.24) is 5.32 Å². The Kier molecular flexibility index (Phi) is 46.8. The van der Waals surface area contributed by atoms with E-state index in [1.54, 1.807) is 0 Å². The Morgan fingerprint density at radius 1 is 0.362 bits per heavy atom. The van der Waals surface area contributed by atoms with Gasteiger partial charge < -0.3 is 25.7 Å². The third-order valence-electron chi connectivity index (χ3n) is 12.8. The molecule has 0 spiro atoms. The van der Waals surface area contributed by atoms with Crippen molar-refractivity contribution in [3.63, 3.8) is 0 Å². The van der Waals surface area contributed by atoms with Gasteiger partial charge in [-0.3, -0.25) is 4.79 Å². The van der Waals surface area contributed by atoms with Gasteiger partial charge in [0.25, 0.3) is 0 Å². The van der Waals surface area contributed by atoms with E-state index in [9.17, 15) is 25.2 Å². The van der Waals surface area contributed by atoms with E-state index in [2.05, 4.69) is 19.2 Å². The van der Waals surface area contributed by atoms with Gasteiger partial charge in [0.1, 0.15) is 12.2 Å². The molecule has 1 unspecified atom stereocenters. The summed E-state index contributed by atoms with van der Waals surface area (Å²) in [7, 11) is 0. The van der Waals surface area contributed by atoms with Crippen molar-refractivity contribution in [3.8, 4) is 0 Å². The number of unbranched alkanes of at least 4 members (excludes halogenated alkanes) is 40. The Balaban J connectivity index is 3.52. The highest BCUT2D eigenvalue weighted by Crippen LogP contribution is 2.18. The first-order valence-electron chi connectivity index (χ1n) is 26.4. The minimum absolute atomic E-state index is 0.376.